The van der Waals surface area contributed by atoms with Crippen LogP contribution in [0.4, 0.5) is 8.78 Å². The zero-order valence-electron chi connectivity index (χ0n) is 12.6. The molecule has 1 aromatic carbocycles. The molecule has 1 aromatic rings. The van der Waals surface area contributed by atoms with Crippen molar-refractivity contribution in [3.05, 3.63) is 35.4 Å². The van der Waals surface area contributed by atoms with Gasteiger partial charge in [0.1, 0.15) is 11.6 Å². The Hall–Kier alpha value is -1.08. The number of nitrogens with zero attached hydrogens (tertiary/aromatic N) is 1. The van der Waals surface area contributed by atoms with Crippen molar-refractivity contribution in [3.63, 3.8) is 0 Å². The Balaban J connectivity index is 2.90. The molecule has 6 heteroatoms. The third-order valence-electron chi connectivity index (χ3n) is 3.36. The van der Waals surface area contributed by atoms with Gasteiger partial charge in [-0.25, -0.2) is 8.78 Å². The van der Waals surface area contributed by atoms with Gasteiger partial charge in [-0.15, -0.1) is 0 Å². The molecule has 0 heterocycles. The lowest BCUT2D eigenvalue weighted by Crippen LogP contribution is -2.37. The minimum Gasteiger partial charge on any atom is -0.385 e. The van der Waals surface area contributed by atoms with Crippen LogP contribution in [0.25, 0.3) is 0 Å². The van der Waals surface area contributed by atoms with Crippen molar-refractivity contribution in [2.24, 2.45) is 5.73 Å². The second-order valence-electron chi connectivity index (χ2n) is 4.79. The van der Waals surface area contributed by atoms with Crippen LogP contribution in [0.1, 0.15) is 18.0 Å². The summed E-state index contributed by atoms with van der Waals surface area (Å²) < 4.78 is 37.5. The average Bonchev–Trinajstić information content (AvgIpc) is 2.48. The third-order valence-corrected chi connectivity index (χ3v) is 3.36. The van der Waals surface area contributed by atoms with E-state index in [4.69, 9.17) is 15.2 Å². The lowest BCUT2D eigenvalue weighted by molar-refractivity contribution is 0.107. The molecule has 0 saturated carbocycles. The van der Waals surface area contributed by atoms with Crippen molar-refractivity contribution in [3.8, 4) is 0 Å². The van der Waals surface area contributed by atoms with Gasteiger partial charge in [0.25, 0.3) is 0 Å². The summed E-state index contributed by atoms with van der Waals surface area (Å²) >= 11 is 0. The second kappa shape index (κ2) is 9.78. The Morgan fingerprint density at radius 3 is 2.48 bits per heavy atom. The van der Waals surface area contributed by atoms with Crippen LogP contribution in [0.5, 0.6) is 0 Å². The van der Waals surface area contributed by atoms with Gasteiger partial charge in [0.2, 0.25) is 0 Å². The SMILES string of the molecule is COCCCN(CCOC)C(CN)c1cc(F)ccc1F. The molecule has 0 bridgehead atoms. The summed E-state index contributed by atoms with van der Waals surface area (Å²) in [7, 11) is 3.24. The minimum absolute atomic E-state index is 0.205. The van der Waals surface area contributed by atoms with Crippen LogP contribution in [0, 0.1) is 11.6 Å². The van der Waals surface area contributed by atoms with E-state index in [1.807, 2.05) is 4.90 Å². The maximum absolute atomic E-state index is 14.0. The smallest absolute Gasteiger partial charge is 0.128 e. The molecule has 1 rings (SSSR count). The highest BCUT2D eigenvalue weighted by Gasteiger charge is 2.22. The fraction of sp³-hybridized carbons (Fsp3) is 0.600. The van der Waals surface area contributed by atoms with Crippen molar-refractivity contribution < 1.29 is 18.3 Å². The first-order chi connectivity index (χ1) is 10.1. The summed E-state index contributed by atoms with van der Waals surface area (Å²) in [5.74, 6) is -0.908. The first kappa shape index (κ1) is 18.0. The van der Waals surface area contributed by atoms with E-state index in [1.165, 1.54) is 6.07 Å². The number of halogens is 2. The van der Waals surface area contributed by atoms with E-state index in [0.717, 1.165) is 18.6 Å². The van der Waals surface area contributed by atoms with Crippen LogP contribution in [0.15, 0.2) is 18.2 Å². The predicted octanol–water partition coefficient (Wildman–Crippen LogP) is 1.95. The highest BCUT2D eigenvalue weighted by Crippen LogP contribution is 2.23. The second-order valence-corrected chi connectivity index (χ2v) is 4.79. The highest BCUT2D eigenvalue weighted by molar-refractivity contribution is 5.23. The molecule has 4 nitrogen and oxygen atoms in total. The monoisotopic (exact) mass is 302 g/mol. The van der Waals surface area contributed by atoms with Crippen LogP contribution >= 0.6 is 0 Å². The van der Waals surface area contributed by atoms with Crippen LogP contribution in [0.3, 0.4) is 0 Å². The molecule has 21 heavy (non-hydrogen) atoms. The molecule has 0 aromatic heterocycles. The van der Waals surface area contributed by atoms with Gasteiger partial charge in [-0.3, -0.25) is 4.90 Å². The van der Waals surface area contributed by atoms with Crippen LogP contribution in [0.2, 0.25) is 0 Å². The topological polar surface area (TPSA) is 47.7 Å². The molecule has 0 amide bonds. The number of hydrogen-bond donors (Lipinski definition) is 1. The van der Waals surface area contributed by atoms with Gasteiger partial charge in [0.05, 0.1) is 12.6 Å². The van der Waals surface area contributed by atoms with Gasteiger partial charge in [-0.2, -0.15) is 0 Å². The molecular formula is C15H24F2N2O2. The number of nitrogens with two attached hydrogens (primary N) is 1. The number of hydrogen-bond acceptors (Lipinski definition) is 4. The van der Waals surface area contributed by atoms with Crippen LogP contribution in [-0.2, 0) is 9.47 Å². The number of rotatable bonds is 10. The third kappa shape index (κ3) is 5.67. The molecule has 0 aliphatic carbocycles. The molecule has 0 radical (unpaired) electrons. The molecule has 2 N–H and O–H groups in total. The summed E-state index contributed by atoms with van der Waals surface area (Å²) in [4.78, 5) is 2.00. The summed E-state index contributed by atoms with van der Waals surface area (Å²) in [6.45, 7) is 2.58. The Labute approximate surface area is 124 Å². The van der Waals surface area contributed by atoms with Gasteiger partial charge in [0, 0.05) is 46.0 Å². The zero-order chi connectivity index (χ0) is 15.7. The van der Waals surface area contributed by atoms with Crippen LogP contribution < -0.4 is 5.73 Å². The fourth-order valence-corrected chi connectivity index (χ4v) is 2.29. The fourth-order valence-electron chi connectivity index (χ4n) is 2.29. The summed E-state index contributed by atoms with van der Waals surface area (Å²) in [6.07, 6.45) is 0.785. The van der Waals surface area contributed by atoms with E-state index in [1.54, 1.807) is 14.2 Å². The molecule has 0 spiro atoms. The van der Waals surface area contributed by atoms with Gasteiger partial charge in [-0.05, 0) is 24.6 Å². The van der Waals surface area contributed by atoms with E-state index in [0.29, 0.717) is 26.3 Å². The van der Waals surface area contributed by atoms with Crippen molar-refractivity contribution in [1.82, 2.24) is 4.90 Å². The molecule has 1 atom stereocenters. The van der Waals surface area contributed by atoms with Gasteiger partial charge < -0.3 is 15.2 Å². The normalized spacial score (nSPS) is 12.9. The zero-order valence-corrected chi connectivity index (χ0v) is 12.6. The number of benzene rings is 1. The van der Waals surface area contributed by atoms with Crippen LogP contribution in [-0.4, -0.2) is 52.0 Å². The number of methoxy groups -OCH3 is 2. The maximum atomic E-state index is 14.0. The Bertz CT molecular complexity index is 419. The average molecular weight is 302 g/mol. The molecule has 0 aliphatic rings. The molecule has 1 unspecified atom stereocenters. The quantitative estimate of drug-likeness (QED) is 0.671. The predicted molar refractivity (Wildman–Crippen MR) is 78.1 cm³/mol. The molecular weight excluding hydrogens is 278 g/mol. The molecule has 120 valence electrons. The summed E-state index contributed by atoms with van der Waals surface area (Å²) in [6, 6.07) is 3.07. The van der Waals surface area contributed by atoms with Crippen molar-refractivity contribution in [1.29, 1.82) is 0 Å². The Morgan fingerprint density at radius 2 is 1.86 bits per heavy atom. The lowest BCUT2D eigenvalue weighted by Gasteiger charge is -2.31. The van der Waals surface area contributed by atoms with Gasteiger partial charge in [0.15, 0.2) is 0 Å². The first-order valence-corrected chi connectivity index (χ1v) is 7.01. The van der Waals surface area contributed by atoms with E-state index in [2.05, 4.69) is 0 Å². The van der Waals surface area contributed by atoms with E-state index >= 15 is 0 Å². The molecule has 0 fully saturated rings. The van der Waals surface area contributed by atoms with E-state index in [-0.39, 0.29) is 18.2 Å². The maximum Gasteiger partial charge on any atom is 0.128 e. The Morgan fingerprint density at radius 1 is 1.14 bits per heavy atom. The van der Waals surface area contributed by atoms with E-state index < -0.39 is 11.6 Å². The molecule has 0 aliphatic heterocycles. The van der Waals surface area contributed by atoms with Gasteiger partial charge in [-0.1, -0.05) is 0 Å². The van der Waals surface area contributed by atoms with Gasteiger partial charge >= 0.3 is 0 Å². The lowest BCUT2D eigenvalue weighted by atomic mass is 10.0. The van der Waals surface area contributed by atoms with Crippen molar-refractivity contribution >= 4 is 0 Å². The largest absolute Gasteiger partial charge is 0.385 e. The highest BCUT2D eigenvalue weighted by atomic mass is 19.1. The first-order valence-electron chi connectivity index (χ1n) is 7.01. The standard InChI is InChI=1S/C15H24F2N2O2/c1-20-8-3-6-19(7-9-21-2)15(11-18)13-10-12(16)4-5-14(13)17/h4-5,10,15H,3,6-9,11,18H2,1-2H3. The minimum atomic E-state index is -0.464. The van der Waals surface area contributed by atoms with Crippen molar-refractivity contribution in [2.75, 3.05) is 47.1 Å². The van der Waals surface area contributed by atoms with E-state index in [9.17, 15) is 8.78 Å². The summed E-state index contributed by atoms with van der Waals surface area (Å²) in [5, 5.41) is 0. The van der Waals surface area contributed by atoms with Crippen molar-refractivity contribution in [2.45, 2.75) is 12.5 Å². The molecule has 0 saturated heterocycles. The Kier molecular flexibility index (Phi) is 8.37. The number of ether oxygens (including phenoxy) is 2. The summed E-state index contributed by atoms with van der Waals surface area (Å²) in [5.41, 5.74) is 6.08.